The number of aliphatic hydroxyl groups excluding tert-OH is 1. The standard InChI is InChI=1S/C5H12O4S/c1-2-5-10(7,8)9-4-3-6/h6H,2-5H2,1H3. The van der Waals surface area contributed by atoms with Crippen LogP contribution >= 0.6 is 0 Å². The van der Waals surface area contributed by atoms with E-state index in [1.807, 2.05) is 0 Å². The molecule has 0 aliphatic heterocycles. The highest BCUT2D eigenvalue weighted by atomic mass is 32.2. The first kappa shape index (κ1) is 9.87. The largest absolute Gasteiger partial charge is 0.394 e. The van der Waals surface area contributed by atoms with Crippen LogP contribution in [0.15, 0.2) is 0 Å². The van der Waals surface area contributed by atoms with Crippen LogP contribution in [0.5, 0.6) is 0 Å². The van der Waals surface area contributed by atoms with Gasteiger partial charge in [-0.1, -0.05) is 6.92 Å². The Hall–Kier alpha value is -0.130. The predicted molar refractivity (Wildman–Crippen MR) is 37.1 cm³/mol. The SMILES string of the molecule is CCCS(=O)(=O)OCCO. The highest BCUT2D eigenvalue weighted by Crippen LogP contribution is 1.94. The van der Waals surface area contributed by atoms with Gasteiger partial charge in [-0.05, 0) is 6.42 Å². The van der Waals surface area contributed by atoms with Gasteiger partial charge in [0.2, 0.25) is 0 Å². The maximum Gasteiger partial charge on any atom is 0.267 e. The lowest BCUT2D eigenvalue weighted by Crippen LogP contribution is -2.12. The Labute approximate surface area is 60.9 Å². The van der Waals surface area contributed by atoms with E-state index in [0.717, 1.165) is 0 Å². The minimum Gasteiger partial charge on any atom is -0.394 e. The summed E-state index contributed by atoms with van der Waals surface area (Å²) >= 11 is 0. The van der Waals surface area contributed by atoms with Gasteiger partial charge in [-0.3, -0.25) is 4.18 Å². The molecule has 0 aliphatic carbocycles. The first-order valence-electron chi connectivity index (χ1n) is 3.10. The second kappa shape index (κ2) is 4.65. The highest BCUT2D eigenvalue weighted by Gasteiger charge is 2.07. The lowest BCUT2D eigenvalue weighted by atomic mass is 10.6. The molecule has 0 aromatic heterocycles. The maximum absolute atomic E-state index is 10.7. The van der Waals surface area contributed by atoms with E-state index >= 15 is 0 Å². The number of aliphatic hydroxyl groups is 1. The molecule has 10 heavy (non-hydrogen) atoms. The van der Waals surface area contributed by atoms with Gasteiger partial charge in [0.15, 0.2) is 0 Å². The number of rotatable bonds is 5. The Morgan fingerprint density at radius 1 is 1.50 bits per heavy atom. The maximum atomic E-state index is 10.7. The summed E-state index contributed by atoms with van der Waals surface area (Å²) in [5.41, 5.74) is 0. The lowest BCUT2D eigenvalue weighted by Gasteiger charge is -2.00. The number of hydrogen-bond donors (Lipinski definition) is 1. The van der Waals surface area contributed by atoms with Crippen molar-refractivity contribution in [2.45, 2.75) is 13.3 Å². The molecule has 1 N–H and O–H groups in total. The van der Waals surface area contributed by atoms with Crippen molar-refractivity contribution in [3.05, 3.63) is 0 Å². The zero-order valence-corrected chi connectivity index (χ0v) is 6.73. The zero-order chi connectivity index (χ0) is 8.04. The molecule has 0 atom stereocenters. The highest BCUT2D eigenvalue weighted by molar-refractivity contribution is 7.86. The van der Waals surface area contributed by atoms with E-state index in [0.29, 0.717) is 6.42 Å². The van der Waals surface area contributed by atoms with Gasteiger partial charge in [-0.2, -0.15) is 8.42 Å². The second-order valence-electron chi connectivity index (χ2n) is 1.81. The molecule has 0 spiro atoms. The zero-order valence-electron chi connectivity index (χ0n) is 5.91. The summed E-state index contributed by atoms with van der Waals surface area (Å²) in [7, 11) is -3.35. The molecule has 0 unspecified atom stereocenters. The van der Waals surface area contributed by atoms with Gasteiger partial charge in [0, 0.05) is 0 Å². The monoisotopic (exact) mass is 168 g/mol. The van der Waals surface area contributed by atoms with Crippen molar-refractivity contribution >= 4 is 10.1 Å². The molecule has 0 rings (SSSR count). The van der Waals surface area contributed by atoms with E-state index in [-0.39, 0.29) is 19.0 Å². The molecular weight excluding hydrogens is 156 g/mol. The molecule has 0 saturated carbocycles. The molecule has 0 saturated heterocycles. The van der Waals surface area contributed by atoms with Gasteiger partial charge in [0.05, 0.1) is 19.0 Å². The van der Waals surface area contributed by atoms with Gasteiger partial charge in [-0.15, -0.1) is 0 Å². The van der Waals surface area contributed by atoms with Gasteiger partial charge in [-0.25, -0.2) is 0 Å². The quantitative estimate of drug-likeness (QED) is 0.574. The molecule has 0 heterocycles. The molecule has 0 aliphatic rings. The molecule has 0 aromatic rings. The smallest absolute Gasteiger partial charge is 0.267 e. The lowest BCUT2D eigenvalue weighted by molar-refractivity contribution is 0.205. The van der Waals surface area contributed by atoms with Crippen LogP contribution in [-0.4, -0.2) is 32.5 Å². The Morgan fingerprint density at radius 3 is 2.50 bits per heavy atom. The molecule has 0 bridgehead atoms. The van der Waals surface area contributed by atoms with Crippen LogP contribution in [0.25, 0.3) is 0 Å². The van der Waals surface area contributed by atoms with E-state index in [4.69, 9.17) is 5.11 Å². The van der Waals surface area contributed by atoms with Crippen LogP contribution in [0.2, 0.25) is 0 Å². The molecule has 4 nitrogen and oxygen atoms in total. The van der Waals surface area contributed by atoms with Crippen molar-refractivity contribution in [3.63, 3.8) is 0 Å². The van der Waals surface area contributed by atoms with Crippen molar-refractivity contribution in [2.75, 3.05) is 19.0 Å². The third kappa shape index (κ3) is 4.72. The van der Waals surface area contributed by atoms with Crippen molar-refractivity contribution in [1.82, 2.24) is 0 Å². The number of hydrogen-bond acceptors (Lipinski definition) is 4. The molecule has 5 heteroatoms. The topological polar surface area (TPSA) is 63.6 Å². The fourth-order valence-corrected chi connectivity index (χ4v) is 1.42. The normalized spacial score (nSPS) is 11.8. The Morgan fingerprint density at radius 2 is 2.10 bits per heavy atom. The van der Waals surface area contributed by atoms with Crippen LogP contribution in [-0.2, 0) is 14.3 Å². The van der Waals surface area contributed by atoms with E-state index in [9.17, 15) is 8.42 Å². The molecule has 0 aromatic carbocycles. The van der Waals surface area contributed by atoms with Crippen molar-refractivity contribution in [1.29, 1.82) is 0 Å². The first-order chi connectivity index (χ1) is 4.62. The van der Waals surface area contributed by atoms with E-state index in [1.165, 1.54) is 0 Å². The summed E-state index contributed by atoms with van der Waals surface area (Å²) in [6.07, 6.45) is 0.535. The van der Waals surface area contributed by atoms with Crippen molar-refractivity contribution in [2.24, 2.45) is 0 Å². The van der Waals surface area contributed by atoms with Crippen LogP contribution in [0.3, 0.4) is 0 Å². The minimum absolute atomic E-state index is 0.0208. The summed E-state index contributed by atoms with van der Waals surface area (Å²) in [5.74, 6) is 0.0208. The van der Waals surface area contributed by atoms with Crippen LogP contribution < -0.4 is 0 Å². The molecule has 62 valence electrons. The van der Waals surface area contributed by atoms with Gasteiger partial charge in [0.25, 0.3) is 10.1 Å². The Balaban J connectivity index is 3.65. The van der Waals surface area contributed by atoms with E-state index in [1.54, 1.807) is 6.92 Å². The fourth-order valence-electron chi connectivity index (χ4n) is 0.473. The molecule has 0 fully saturated rings. The molecular formula is C5H12O4S. The first-order valence-corrected chi connectivity index (χ1v) is 4.68. The third-order valence-corrected chi connectivity index (χ3v) is 2.24. The van der Waals surface area contributed by atoms with E-state index in [2.05, 4.69) is 4.18 Å². The second-order valence-corrected chi connectivity index (χ2v) is 3.57. The van der Waals surface area contributed by atoms with Gasteiger partial charge >= 0.3 is 0 Å². The molecule has 0 amide bonds. The van der Waals surface area contributed by atoms with Crippen molar-refractivity contribution in [3.8, 4) is 0 Å². The average Bonchev–Trinajstić information content (AvgIpc) is 1.84. The third-order valence-electron chi connectivity index (χ3n) is 0.808. The summed E-state index contributed by atoms with van der Waals surface area (Å²) in [4.78, 5) is 0. The summed E-state index contributed by atoms with van der Waals surface area (Å²) < 4.78 is 25.7. The van der Waals surface area contributed by atoms with Crippen molar-refractivity contribution < 1.29 is 17.7 Å². The summed E-state index contributed by atoms with van der Waals surface area (Å²) in [5, 5.41) is 8.21. The molecule has 0 radical (unpaired) electrons. The van der Waals surface area contributed by atoms with E-state index < -0.39 is 10.1 Å². The fraction of sp³-hybridized carbons (Fsp3) is 1.00. The average molecular weight is 168 g/mol. The minimum atomic E-state index is -3.35. The summed E-state index contributed by atoms with van der Waals surface area (Å²) in [6.45, 7) is 1.35. The summed E-state index contributed by atoms with van der Waals surface area (Å²) in [6, 6.07) is 0. The van der Waals surface area contributed by atoms with Crippen LogP contribution in [0, 0.1) is 0 Å². The van der Waals surface area contributed by atoms with Gasteiger partial charge in [0.1, 0.15) is 0 Å². The van der Waals surface area contributed by atoms with Gasteiger partial charge < -0.3 is 5.11 Å². The Bertz CT molecular complexity index is 160. The van der Waals surface area contributed by atoms with Crippen LogP contribution in [0.4, 0.5) is 0 Å². The Kier molecular flexibility index (Phi) is 4.59. The van der Waals surface area contributed by atoms with Crippen LogP contribution in [0.1, 0.15) is 13.3 Å². The predicted octanol–water partition coefficient (Wildman–Crippen LogP) is -0.265.